The first-order valence-corrected chi connectivity index (χ1v) is 17.5. The molecule has 4 aromatic rings. The Bertz CT molecular complexity index is 1900. The Morgan fingerprint density at radius 3 is 2.12 bits per heavy atom. The van der Waals surface area contributed by atoms with E-state index in [-0.39, 0.29) is 11.7 Å². The van der Waals surface area contributed by atoms with Crippen LogP contribution in [0, 0.1) is 5.82 Å². The van der Waals surface area contributed by atoms with Gasteiger partial charge >= 0.3 is 6.09 Å². The molecule has 1 atom stereocenters. The summed E-state index contributed by atoms with van der Waals surface area (Å²) < 4.78 is 26.9. The molecule has 2 amide bonds. The van der Waals surface area contributed by atoms with Crippen molar-refractivity contribution in [2.45, 2.75) is 83.9 Å². The Kier molecular flexibility index (Phi) is 8.37. The van der Waals surface area contributed by atoms with E-state index in [1.54, 1.807) is 21.9 Å². The lowest BCUT2D eigenvalue weighted by atomic mass is 9.74. The Morgan fingerprint density at radius 2 is 1.49 bits per heavy atom. The molecule has 7 nitrogen and oxygen atoms in total. The van der Waals surface area contributed by atoms with E-state index in [2.05, 4.69) is 30.0 Å². The molecule has 0 aromatic heterocycles. The van der Waals surface area contributed by atoms with Crippen molar-refractivity contribution in [3.63, 3.8) is 0 Å². The van der Waals surface area contributed by atoms with E-state index in [0.717, 1.165) is 41.8 Å². The Labute approximate surface area is 288 Å². The van der Waals surface area contributed by atoms with Gasteiger partial charge in [-0.05, 0) is 89.9 Å². The van der Waals surface area contributed by atoms with Gasteiger partial charge in [-0.15, -0.1) is 0 Å². The summed E-state index contributed by atoms with van der Waals surface area (Å²) in [4.78, 5) is 33.7. The van der Waals surface area contributed by atoms with Crippen LogP contribution in [-0.4, -0.2) is 36.7 Å². The summed E-state index contributed by atoms with van der Waals surface area (Å²) in [6.07, 6.45) is 5.56. The fraction of sp³-hybridized carbons (Fsp3) is 0.366. The molecule has 1 saturated carbocycles. The second-order valence-electron chi connectivity index (χ2n) is 14.1. The molecule has 0 N–H and O–H groups in total. The normalized spacial score (nSPS) is 18.4. The van der Waals surface area contributed by atoms with Gasteiger partial charge in [0.05, 0.1) is 5.69 Å². The van der Waals surface area contributed by atoms with Crippen molar-refractivity contribution in [3.05, 3.63) is 113 Å². The van der Waals surface area contributed by atoms with Gasteiger partial charge in [-0.25, -0.2) is 9.18 Å². The number of ether oxygens (including phenoxy) is 2. The molecule has 254 valence electrons. The highest BCUT2D eigenvalue weighted by Crippen LogP contribution is 2.59. The van der Waals surface area contributed by atoms with Crippen molar-refractivity contribution in [1.82, 2.24) is 0 Å². The van der Waals surface area contributed by atoms with Gasteiger partial charge in [0.1, 0.15) is 28.5 Å². The van der Waals surface area contributed by atoms with Crippen LogP contribution in [-0.2, 0) is 10.3 Å². The summed E-state index contributed by atoms with van der Waals surface area (Å²) in [5.41, 5.74) is 3.41. The molecule has 2 aliphatic heterocycles. The molecule has 4 aromatic carbocycles. The van der Waals surface area contributed by atoms with Gasteiger partial charge in [-0.1, -0.05) is 49.6 Å². The Hall–Kier alpha value is -4.85. The van der Waals surface area contributed by atoms with Crippen molar-refractivity contribution >= 4 is 29.1 Å². The highest BCUT2D eigenvalue weighted by atomic mass is 19.1. The fourth-order valence-electron chi connectivity index (χ4n) is 7.99. The van der Waals surface area contributed by atoms with E-state index >= 15 is 0 Å². The Balaban J connectivity index is 1.46. The molecular weight excluding hydrogens is 617 g/mol. The summed E-state index contributed by atoms with van der Waals surface area (Å²) in [5, 5.41) is 0. The quantitative estimate of drug-likeness (QED) is 0.206. The molecule has 8 heteroatoms. The predicted octanol–water partition coefficient (Wildman–Crippen LogP) is 9.80. The molecule has 2 heterocycles. The van der Waals surface area contributed by atoms with E-state index < -0.39 is 17.2 Å². The number of nitrogens with zero attached hydrogens (tertiary/aromatic N) is 3. The fourth-order valence-corrected chi connectivity index (χ4v) is 7.99. The number of carbonyl (C=O) groups excluding carboxylic acids is 2. The van der Waals surface area contributed by atoms with E-state index in [9.17, 15) is 14.0 Å². The van der Waals surface area contributed by atoms with E-state index in [4.69, 9.17) is 9.47 Å². The first-order valence-electron chi connectivity index (χ1n) is 17.5. The second kappa shape index (κ2) is 12.6. The summed E-state index contributed by atoms with van der Waals surface area (Å²) in [7, 11) is 0. The second-order valence-corrected chi connectivity index (χ2v) is 14.1. The zero-order chi connectivity index (χ0) is 34.5. The molecule has 1 unspecified atom stereocenters. The number of hydrogen-bond donors (Lipinski definition) is 0. The van der Waals surface area contributed by atoms with Gasteiger partial charge in [0, 0.05) is 64.9 Å². The third kappa shape index (κ3) is 5.51. The van der Waals surface area contributed by atoms with Gasteiger partial charge in [-0.2, -0.15) is 0 Å². The zero-order valence-electron chi connectivity index (χ0n) is 29.0. The van der Waals surface area contributed by atoms with E-state index in [1.807, 2.05) is 70.2 Å². The summed E-state index contributed by atoms with van der Waals surface area (Å²) in [6, 6.07) is 26.2. The molecule has 1 aliphatic carbocycles. The van der Waals surface area contributed by atoms with Crippen molar-refractivity contribution in [3.8, 4) is 11.5 Å². The standard InChI is InChI=1S/C41H44FN3O4/c1-6-43(28-13-9-8-10-14-28)30-21-23-34-36(25-30)48-37-26-31(44(7-2)39(47)49-40(3,4)5)22-24-35(37)41(34)33-16-12-11-15-32(33)38(46)45(41)29-19-17-27(42)18-20-29/h11-12,15-26,28H,6-10,13-14H2,1-5H3. The average Bonchev–Trinajstić information content (AvgIpc) is 3.34. The number of rotatable bonds is 6. The maximum absolute atomic E-state index is 14.6. The summed E-state index contributed by atoms with van der Waals surface area (Å²) >= 11 is 0. The molecule has 0 radical (unpaired) electrons. The predicted molar refractivity (Wildman–Crippen MR) is 192 cm³/mol. The first-order chi connectivity index (χ1) is 23.6. The van der Waals surface area contributed by atoms with Crippen molar-refractivity contribution in [1.29, 1.82) is 0 Å². The third-order valence-corrected chi connectivity index (χ3v) is 10.0. The van der Waals surface area contributed by atoms with Crippen LogP contribution in [0.4, 0.5) is 26.2 Å². The number of carbonyl (C=O) groups is 2. The number of hydrogen-bond acceptors (Lipinski definition) is 5. The summed E-state index contributed by atoms with van der Waals surface area (Å²) in [5.74, 6) is 0.596. The van der Waals surface area contributed by atoms with Crippen molar-refractivity contribution < 1.29 is 23.5 Å². The van der Waals surface area contributed by atoms with Crippen LogP contribution < -0.4 is 19.4 Å². The third-order valence-electron chi connectivity index (χ3n) is 10.0. The number of amides is 2. The number of benzene rings is 4. The van der Waals surface area contributed by atoms with Crippen LogP contribution in [0.5, 0.6) is 11.5 Å². The molecular formula is C41H44FN3O4. The van der Waals surface area contributed by atoms with Crippen LogP contribution in [0.15, 0.2) is 84.9 Å². The van der Waals surface area contributed by atoms with Crippen LogP contribution in [0.1, 0.15) is 93.8 Å². The average molecular weight is 662 g/mol. The molecule has 0 bridgehead atoms. The molecule has 3 aliphatic rings. The lowest BCUT2D eigenvalue weighted by Crippen LogP contribution is -2.47. The van der Waals surface area contributed by atoms with Gasteiger partial charge in [-0.3, -0.25) is 14.6 Å². The summed E-state index contributed by atoms with van der Waals surface area (Å²) in [6.45, 7) is 10.9. The molecule has 1 spiro atoms. The van der Waals surface area contributed by atoms with Gasteiger partial charge in [0.2, 0.25) is 0 Å². The lowest BCUT2D eigenvalue weighted by Gasteiger charge is -2.45. The van der Waals surface area contributed by atoms with Gasteiger partial charge in [0.15, 0.2) is 0 Å². The van der Waals surface area contributed by atoms with E-state index in [1.165, 1.54) is 31.4 Å². The largest absolute Gasteiger partial charge is 0.456 e. The van der Waals surface area contributed by atoms with Crippen molar-refractivity contribution in [2.75, 3.05) is 27.8 Å². The minimum Gasteiger partial charge on any atom is -0.456 e. The smallest absolute Gasteiger partial charge is 0.414 e. The monoisotopic (exact) mass is 661 g/mol. The zero-order valence-corrected chi connectivity index (χ0v) is 29.0. The number of anilines is 3. The number of halogens is 1. The SMILES string of the molecule is CCN(C(=O)OC(C)(C)C)c1ccc2c(c1)Oc1cc(N(CC)C3CCCCC3)ccc1C21c2ccccc2C(=O)N1c1ccc(F)cc1. The topological polar surface area (TPSA) is 62.3 Å². The maximum atomic E-state index is 14.6. The molecule has 49 heavy (non-hydrogen) atoms. The molecule has 7 rings (SSSR count). The van der Waals surface area contributed by atoms with Crippen LogP contribution in [0.25, 0.3) is 0 Å². The minimum absolute atomic E-state index is 0.185. The van der Waals surface area contributed by atoms with Gasteiger partial charge in [0.25, 0.3) is 5.91 Å². The minimum atomic E-state index is -1.13. The number of fused-ring (bicyclic) bond motifs is 6. The molecule has 0 saturated heterocycles. The highest BCUT2D eigenvalue weighted by Gasteiger charge is 2.57. The highest BCUT2D eigenvalue weighted by molar-refractivity contribution is 6.14. The van der Waals surface area contributed by atoms with Crippen LogP contribution >= 0.6 is 0 Å². The van der Waals surface area contributed by atoms with Crippen LogP contribution in [0.3, 0.4) is 0 Å². The lowest BCUT2D eigenvalue weighted by molar-refractivity contribution is 0.0582. The van der Waals surface area contributed by atoms with E-state index in [0.29, 0.717) is 41.0 Å². The Morgan fingerprint density at radius 1 is 0.857 bits per heavy atom. The first kappa shape index (κ1) is 32.7. The van der Waals surface area contributed by atoms with Gasteiger partial charge < -0.3 is 14.4 Å². The maximum Gasteiger partial charge on any atom is 0.414 e. The van der Waals surface area contributed by atoms with Crippen LogP contribution in [0.2, 0.25) is 0 Å². The molecule has 1 fully saturated rings. The van der Waals surface area contributed by atoms with Crippen molar-refractivity contribution in [2.24, 2.45) is 0 Å².